The van der Waals surface area contributed by atoms with Crippen LogP contribution in [0.1, 0.15) is 61.8 Å². The van der Waals surface area contributed by atoms with Crippen LogP contribution in [0.15, 0.2) is 82.7 Å². The highest BCUT2D eigenvalue weighted by molar-refractivity contribution is 7.64. The number of hydrogen-bond acceptors (Lipinski definition) is 0. The fourth-order valence-electron chi connectivity index (χ4n) is 6.50. The van der Waals surface area contributed by atoms with Crippen molar-refractivity contribution >= 4 is 24.5 Å². The molecule has 0 aromatic heterocycles. The van der Waals surface area contributed by atoms with E-state index in [2.05, 4.69) is 87.3 Å². The number of fused-ring (bicyclic) bond motifs is 4. The van der Waals surface area contributed by atoms with E-state index in [9.17, 15) is 0 Å². The Hall–Kier alpha value is -2.43. The zero-order valence-electron chi connectivity index (χ0n) is 19.5. The van der Waals surface area contributed by atoms with Crippen LogP contribution in [-0.4, -0.2) is 12.0 Å². The van der Waals surface area contributed by atoms with Gasteiger partial charge in [-0.05, 0) is 91.0 Å². The molecule has 0 amide bonds. The van der Waals surface area contributed by atoms with Crippen molar-refractivity contribution in [1.29, 1.82) is 0 Å². The molecule has 6 rings (SSSR count). The fourth-order valence-corrected chi connectivity index (χ4v) is 9.22. The van der Waals surface area contributed by atoms with Gasteiger partial charge in [-0.2, -0.15) is 0 Å². The van der Waals surface area contributed by atoms with Crippen LogP contribution in [0.2, 0.25) is 0 Å². The van der Waals surface area contributed by atoms with Crippen LogP contribution >= 0.6 is 7.55 Å². The van der Waals surface area contributed by atoms with Crippen LogP contribution in [0.5, 0.6) is 0 Å². The molecular weight excluding hydrogens is 403 g/mol. The summed E-state index contributed by atoms with van der Waals surface area (Å²) in [6.07, 6.45) is 14.8. The van der Waals surface area contributed by atoms with E-state index in [-0.39, 0.29) is 13.0 Å². The zero-order chi connectivity index (χ0) is 21.9. The quantitative estimate of drug-likeness (QED) is 0.416. The number of hydrogen-bond donors (Lipinski definition) is 0. The van der Waals surface area contributed by atoms with E-state index in [1.165, 1.54) is 48.8 Å². The molecule has 0 radical (unpaired) electrons. The third-order valence-electron chi connectivity index (χ3n) is 8.10. The second kappa shape index (κ2) is 7.57. The predicted octanol–water partition coefficient (Wildman–Crippen LogP) is 8.34. The second-order valence-corrected chi connectivity index (χ2v) is 12.4. The Kier molecular flexibility index (Phi) is 4.78. The average molecular weight is 436 g/mol. The molecule has 0 spiro atoms. The van der Waals surface area contributed by atoms with E-state index in [0.717, 1.165) is 6.42 Å². The molecule has 1 heterocycles. The monoisotopic (exact) mass is 435 g/mol. The van der Waals surface area contributed by atoms with E-state index >= 15 is 0 Å². The molecule has 0 N–H and O–H groups in total. The van der Waals surface area contributed by atoms with Gasteiger partial charge >= 0.3 is 0 Å². The molecular formula is C31H32P+. The second-order valence-electron chi connectivity index (χ2n) is 10.3. The molecule has 0 nitrogen and oxygen atoms in total. The van der Waals surface area contributed by atoms with Crippen LogP contribution in [0.3, 0.4) is 0 Å². The highest BCUT2D eigenvalue weighted by Crippen LogP contribution is 2.59. The maximum Gasteiger partial charge on any atom is 0.135 e. The van der Waals surface area contributed by atoms with Crippen molar-refractivity contribution in [3.8, 4) is 0 Å². The molecule has 2 aromatic carbocycles. The molecule has 0 saturated heterocycles. The summed E-state index contributed by atoms with van der Waals surface area (Å²) in [5.74, 6) is 0. The maximum atomic E-state index is 2.54. The lowest BCUT2D eigenvalue weighted by atomic mass is 9.73. The fraction of sp³-hybridized carbons (Fsp3) is 0.323. The van der Waals surface area contributed by atoms with Gasteiger partial charge < -0.3 is 0 Å². The molecule has 0 fully saturated rings. The molecule has 0 saturated carbocycles. The van der Waals surface area contributed by atoms with E-state index < -0.39 is 0 Å². The average Bonchev–Trinajstić information content (AvgIpc) is 3.01. The highest BCUT2D eigenvalue weighted by Gasteiger charge is 2.47. The Labute approximate surface area is 193 Å². The Morgan fingerprint density at radius 1 is 0.844 bits per heavy atom. The molecule has 1 aliphatic heterocycles. The summed E-state index contributed by atoms with van der Waals surface area (Å²) in [5, 5.41) is 3.41. The van der Waals surface area contributed by atoms with Crippen molar-refractivity contribution in [3.05, 3.63) is 105 Å². The van der Waals surface area contributed by atoms with Crippen LogP contribution in [0.4, 0.5) is 0 Å². The Morgan fingerprint density at radius 3 is 2.50 bits per heavy atom. The van der Waals surface area contributed by atoms with Crippen molar-refractivity contribution in [2.24, 2.45) is 5.41 Å². The van der Waals surface area contributed by atoms with E-state index in [1.807, 2.05) is 0 Å². The first-order valence-corrected chi connectivity index (χ1v) is 13.9. The molecule has 1 atom stereocenters. The van der Waals surface area contributed by atoms with E-state index in [4.69, 9.17) is 0 Å². The SMILES string of the molecule is C[P+]1=C(/C=C/C2=C3Cc4ccccc4C=C3CCC2)C(C)(C)C2=C1CCc1ccccc12. The van der Waals surface area contributed by atoms with Crippen LogP contribution < -0.4 is 0 Å². The Bertz CT molecular complexity index is 1290. The lowest BCUT2D eigenvalue weighted by Crippen LogP contribution is -2.22. The number of aryl methyl sites for hydroxylation is 1. The summed E-state index contributed by atoms with van der Waals surface area (Å²) >= 11 is 0. The van der Waals surface area contributed by atoms with Crippen LogP contribution in [-0.2, 0) is 12.8 Å². The maximum absolute atomic E-state index is 2.54. The van der Waals surface area contributed by atoms with Gasteiger partial charge in [0.2, 0.25) is 0 Å². The van der Waals surface area contributed by atoms with Gasteiger partial charge in [0.25, 0.3) is 0 Å². The lowest BCUT2D eigenvalue weighted by molar-refractivity contribution is 0.706. The Morgan fingerprint density at radius 2 is 1.62 bits per heavy atom. The minimum atomic E-state index is -0.214. The van der Waals surface area contributed by atoms with Gasteiger partial charge in [-0.3, -0.25) is 0 Å². The highest BCUT2D eigenvalue weighted by atomic mass is 31.1. The molecule has 160 valence electrons. The van der Waals surface area contributed by atoms with E-state index in [1.54, 1.807) is 38.5 Å². The minimum absolute atomic E-state index is 0.126. The summed E-state index contributed by atoms with van der Waals surface area (Å²) in [4.78, 5) is 0. The van der Waals surface area contributed by atoms with Gasteiger partial charge in [-0.25, -0.2) is 0 Å². The smallest absolute Gasteiger partial charge is 0.0620 e. The molecule has 2 aromatic rings. The van der Waals surface area contributed by atoms with Crippen molar-refractivity contribution in [1.82, 2.24) is 0 Å². The minimum Gasteiger partial charge on any atom is -0.0620 e. The first kappa shape index (κ1) is 20.2. The number of benzene rings is 2. The molecule has 4 aliphatic rings. The number of rotatable bonds is 2. The van der Waals surface area contributed by atoms with Crippen LogP contribution in [0, 0.1) is 5.41 Å². The zero-order valence-corrected chi connectivity index (χ0v) is 20.4. The topological polar surface area (TPSA) is 0 Å². The summed E-state index contributed by atoms with van der Waals surface area (Å²) in [5.41, 5.74) is 12.5. The summed E-state index contributed by atoms with van der Waals surface area (Å²) < 4.78 is 0. The first-order valence-electron chi connectivity index (χ1n) is 12.2. The van der Waals surface area contributed by atoms with Gasteiger partial charge in [0.1, 0.15) is 24.8 Å². The molecule has 1 unspecified atom stereocenters. The van der Waals surface area contributed by atoms with Crippen molar-refractivity contribution < 1.29 is 0 Å². The van der Waals surface area contributed by atoms with Gasteiger partial charge in [0.15, 0.2) is 0 Å². The van der Waals surface area contributed by atoms with Gasteiger partial charge in [0, 0.05) is 12.0 Å². The third-order valence-corrected chi connectivity index (χ3v) is 10.8. The Balaban J connectivity index is 1.38. The summed E-state index contributed by atoms with van der Waals surface area (Å²) in [6, 6.07) is 18.1. The summed E-state index contributed by atoms with van der Waals surface area (Å²) in [7, 11) is -0.214. The molecule has 32 heavy (non-hydrogen) atoms. The lowest BCUT2D eigenvalue weighted by Gasteiger charge is -2.27. The predicted molar refractivity (Wildman–Crippen MR) is 141 cm³/mol. The third kappa shape index (κ3) is 3.07. The van der Waals surface area contributed by atoms with Gasteiger partial charge in [0.05, 0.1) is 5.41 Å². The van der Waals surface area contributed by atoms with Gasteiger partial charge in [-0.15, -0.1) is 0 Å². The van der Waals surface area contributed by atoms with Crippen LogP contribution in [0.25, 0.3) is 11.6 Å². The molecule has 1 heteroatoms. The first-order chi connectivity index (χ1) is 15.5. The normalized spacial score (nSPS) is 22.5. The number of allylic oxidation sites excluding steroid dienone is 7. The standard InChI is InChI=1S/C31H32P/c1-31(2)29(32(3)28-17-15-21-9-6-7-14-26(21)30(28)31)18-16-22-12-8-13-25-19-23-10-4-5-11-24(23)20-27(22)25/h4-7,9-11,14,16,18-19H,8,12-13,15,17,20H2,1-3H3/q+1/b18-16+. The van der Waals surface area contributed by atoms with Crippen molar-refractivity contribution in [2.45, 2.75) is 52.4 Å². The molecule has 0 bridgehead atoms. The van der Waals surface area contributed by atoms with Crippen molar-refractivity contribution in [3.63, 3.8) is 0 Å². The van der Waals surface area contributed by atoms with Gasteiger partial charge in [-0.1, -0.05) is 60.7 Å². The largest absolute Gasteiger partial charge is 0.135 e. The summed E-state index contributed by atoms with van der Waals surface area (Å²) in [6.45, 7) is 7.45. The van der Waals surface area contributed by atoms with Crippen molar-refractivity contribution in [2.75, 3.05) is 6.66 Å². The van der Waals surface area contributed by atoms with E-state index in [0.29, 0.717) is 0 Å². The molecule has 3 aliphatic carbocycles.